The van der Waals surface area contributed by atoms with E-state index in [1.807, 2.05) is 18.2 Å². The number of benzene rings is 1. The number of ether oxygens (including phenoxy) is 2. The van der Waals surface area contributed by atoms with Crippen LogP contribution >= 0.6 is 0 Å². The molecular formula is C14H16O3. The predicted molar refractivity (Wildman–Crippen MR) is 62.2 cm³/mol. The Morgan fingerprint density at radius 2 is 1.65 bits per heavy atom. The van der Waals surface area contributed by atoms with Gasteiger partial charge in [0.25, 0.3) is 0 Å². The smallest absolute Gasteiger partial charge is 0.161 e. The Morgan fingerprint density at radius 3 is 2.29 bits per heavy atom. The number of hydrogen-bond acceptors (Lipinski definition) is 3. The Hall–Kier alpha value is -1.22. The maximum Gasteiger partial charge on any atom is 0.161 e. The van der Waals surface area contributed by atoms with Gasteiger partial charge in [0.1, 0.15) is 0 Å². The number of rotatable bonds is 1. The average molecular weight is 232 g/mol. The van der Waals surface area contributed by atoms with Gasteiger partial charge in [0, 0.05) is 5.41 Å². The summed E-state index contributed by atoms with van der Waals surface area (Å²) in [6, 6.07) is 5.84. The Labute approximate surface area is 100 Å². The van der Waals surface area contributed by atoms with Crippen LogP contribution in [0.2, 0.25) is 0 Å². The van der Waals surface area contributed by atoms with Gasteiger partial charge in [-0.1, -0.05) is 6.07 Å². The van der Waals surface area contributed by atoms with Crippen LogP contribution in [-0.4, -0.2) is 18.3 Å². The van der Waals surface area contributed by atoms with Crippen molar-refractivity contribution >= 4 is 0 Å². The van der Waals surface area contributed by atoms with Gasteiger partial charge in [-0.05, 0) is 43.4 Å². The van der Waals surface area contributed by atoms with Crippen LogP contribution in [0.15, 0.2) is 18.2 Å². The largest absolute Gasteiger partial charge is 0.489 e. The molecule has 2 saturated carbocycles. The van der Waals surface area contributed by atoms with E-state index >= 15 is 0 Å². The highest BCUT2D eigenvalue weighted by Crippen LogP contribution is 2.51. The molecule has 0 aromatic heterocycles. The lowest BCUT2D eigenvalue weighted by molar-refractivity contribution is 0.151. The van der Waals surface area contributed by atoms with Crippen molar-refractivity contribution in [2.75, 3.05) is 13.2 Å². The van der Waals surface area contributed by atoms with Gasteiger partial charge in [0.05, 0.1) is 18.8 Å². The van der Waals surface area contributed by atoms with Gasteiger partial charge in [-0.3, -0.25) is 0 Å². The lowest BCUT2D eigenvalue weighted by atomic mass is 10.1. The second kappa shape index (κ2) is 2.96. The third kappa shape index (κ3) is 1.53. The molecule has 0 saturated heterocycles. The summed E-state index contributed by atoms with van der Waals surface area (Å²) >= 11 is 0. The zero-order valence-corrected chi connectivity index (χ0v) is 9.74. The van der Waals surface area contributed by atoms with Gasteiger partial charge >= 0.3 is 0 Å². The molecule has 1 heterocycles. The molecule has 1 aliphatic heterocycles. The second-order valence-electron chi connectivity index (χ2n) is 5.77. The van der Waals surface area contributed by atoms with Crippen LogP contribution in [0.4, 0.5) is 0 Å². The number of fused-ring (bicyclic) bond motifs is 1. The van der Waals surface area contributed by atoms with E-state index in [4.69, 9.17) is 9.47 Å². The summed E-state index contributed by atoms with van der Waals surface area (Å²) in [4.78, 5) is 0. The lowest BCUT2D eigenvalue weighted by Crippen LogP contribution is -2.17. The standard InChI is InChI=1S/C14H16O3/c15-14(5-6-14)10-1-2-11-12(7-10)17-9-13(3-4-13)8-16-11/h1-2,7,15H,3-6,8-9H2. The molecule has 0 atom stereocenters. The van der Waals surface area contributed by atoms with Gasteiger partial charge in [-0.25, -0.2) is 0 Å². The molecule has 0 radical (unpaired) electrons. The first-order valence-electron chi connectivity index (χ1n) is 6.32. The Morgan fingerprint density at radius 1 is 0.941 bits per heavy atom. The zero-order valence-electron chi connectivity index (χ0n) is 9.74. The molecule has 1 aromatic rings. The summed E-state index contributed by atoms with van der Waals surface area (Å²) < 4.78 is 11.7. The fourth-order valence-corrected chi connectivity index (χ4v) is 2.41. The van der Waals surface area contributed by atoms with Crippen LogP contribution in [0.25, 0.3) is 0 Å². The first-order valence-corrected chi connectivity index (χ1v) is 6.32. The molecule has 0 unspecified atom stereocenters. The Balaban J connectivity index is 1.67. The number of hydrogen-bond donors (Lipinski definition) is 1. The van der Waals surface area contributed by atoms with Gasteiger partial charge in [-0.15, -0.1) is 0 Å². The highest BCUT2D eigenvalue weighted by molar-refractivity contribution is 5.46. The maximum atomic E-state index is 10.1. The van der Waals surface area contributed by atoms with E-state index in [1.54, 1.807) is 0 Å². The van der Waals surface area contributed by atoms with Crippen molar-refractivity contribution in [2.24, 2.45) is 5.41 Å². The first kappa shape index (κ1) is 9.77. The fraction of sp³-hybridized carbons (Fsp3) is 0.571. The molecule has 3 heteroatoms. The van der Waals surface area contributed by atoms with Gasteiger partial charge in [0.15, 0.2) is 11.5 Å². The molecule has 1 spiro atoms. The molecule has 2 fully saturated rings. The molecule has 3 aliphatic rings. The van der Waals surface area contributed by atoms with Crippen LogP contribution in [0.1, 0.15) is 31.2 Å². The second-order valence-corrected chi connectivity index (χ2v) is 5.77. The molecule has 2 aliphatic carbocycles. The fourth-order valence-electron chi connectivity index (χ4n) is 2.41. The van der Waals surface area contributed by atoms with Crippen LogP contribution in [0.5, 0.6) is 11.5 Å². The van der Waals surface area contributed by atoms with Gasteiger partial charge in [-0.2, -0.15) is 0 Å². The van der Waals surface area contributed by atoms with Crippen molar-refractivity contribution in [2.45, 2.75) is 31.3 Å². The zero-order chi connectivity index (χ0) is 11.5. The van der Waals surface area contributed by atoms with Crippen molar-refractivity contribution < 1.29 is 14.6 Å². The predicted octanol–water partition coefficient (Wildman–Crippen LogP) is 2.22. The van der Waals surface area contributed by atoms with E-state index in [0.29, 0.717) is 0 Å². The van der Waals surface area contributed by atoms with Crippen molar-refractivity contribution in [1.82, 2.24) is 0 Å². The molecular weight excluding hydrogens is 216 g/mol. The van der Waals surface area contributed by atoms with Crippen molar-refractivity contribution in [3.63, 3.8) is 0 Å². The summed E-state index contributed by atoms with van der Waals surface area (Å²) in [5.41, 5.74) is 0.643. The Bertz CT molecular complexity index is 472. The van der Waals surface area contributed by atoms with Gasteiger partial charge in [0.2, 0.25) is 0 Å². The van der Waals surface area contributed by atoms with E-state index in [9.17, 15) is 5.11 Å². The van der Waals surface area contributed by atoms with Crippen molar-refractivity contribution in [3.8, 4) is 11.5 Å². The van der Waals surface area contributed by atoms with Crippen LogP contribution in [0, 0.1) is 5.41 Å². The monoisotopic (exact) mass is 232 g/mol. The molecule has 17 heavy (non-hydrogen) atoms. The minimum Gasteiger partial charge on any atom is -0.489 e. The van der Waals surface area contributed by atoms with E-state index in [1.165, 1.54) is 12.8 Å². The minimum atomic E-state index is -0.595. The third-order valence-electron chi connectivity index (χ3n) is 4.23. The quantitative estimate of drug-likeness (QED) is 0.807. The average Bonchev–Trinajstić information content (AvgIpc) is 3.23. The SMILES string of the molecule is OC1(c2ccc3c(c2)OCC2(CC2)CO3)CC1. The van der Waals surface area contributed by atoms with E-state index in [2.05, 4.69) is 0 Å². The van der Waals surface area contributed by atoms with Crippen LogP contribution < -0.4 is 9.47 Å². The minimum absolute atomic E-state index is 0.273. The normalized spacial score (nSPS) is 26.4. The lowest BCUT2D eigenvalue weighted by Gasteiger charge is -2.12. The maximum absolute atomic E-state index is 10.1. The summed E-state index contributed by atoms with van der Waals surface area (Å²) in [5.74, 6) is 1.62. The van der Waals surface area contributed by atoms with Crippen molar-refractivity contribution in [1.29, 1.82) is 0 Å². The molecule has 1 aromatic carbocycles. The number of aliphatic hydroxyl groups is 1. The summed E-state index contributed by atoms with van der Waals surface area (Å²) in [5, 5.41) is 10.1. The third-order valence-corrected chi connectivity index (χ3v) is 4.23. The molecule has 4 rings (SSSR count). The molecule has 0 amide bonds. The molecule has 90 valence electrons. The summed E-state index contributed by atoms with van der Waals surface area (Å²) in [6.45, 7) is 1.52. The van der Waals surface area contributed by atoms with Gasteiger partial charge < -0.3 is 14.6 Å². The topological polar surface area (TPSA) is 38.7 Å². The van der Waals surface area contributed by atoms with E-state index in [-0.39, 0.29) is 5.41 Å². The summed E-state index contributed by atoms with van der Waals surface area (Å²) in [7, 11) is 0. The highest BCUT2D eigenvalue weighted by Gasteiger charge is 2.47. The Kier molecular flexibility index (Phi) is 1.70. The highest BCUT2D eigenvalue weighted by atomic mass is 16.5. The van der Waals surface area contributed by atoms with Crippen LogP contribution in [-0.2, 0) is 5.60 Å². The molecule has 1 N–H and O–H groups in total. The van der Waals surface area contributed by atoms with E-state index < -0.39 is 5.60 Å². The molecule has 3 nitrogen and oxygen atoms in total. The van der Waals surface area contributed by atoms with E-state index in [0.717, 1.165) is 43.1 Å². The summed E-state index contributed by atoms with van der Waals surface area (Å²) in [6.07, 6.45) is 4.13. The van der Waals surface area contributed by atoms with Crippen molar-refractivity contribution in [3.05, 3.63) is 23.8 Å². The first-order chi connectivity index (χ1) is 8.19. The molecule has 0 bridgehead atoms. The van der Waals surface area contributed by atoms with Crippen LogP contribution in [0.3, 0.4) is 0 Å².